The molecule has 0 bridgehead atoms. The van der Waals surface area contributed by atoms with E-state index in [4.69, 9.17) is 18.9 Å². The maximum Gasteiger partial charge on any atom is 0.232 e. The van der Waals surface area contributed by atoms with Gasteiger partial charge in [-0.15, -0.1) is 0 Å². The molecule has 2 aliphatic rings. The van der Waals surface area contributed by atoms with E-state index in [1.54, 1.807) is 30.3 Å². The second kappa shape index (κ2) is 6.22. The third kappa shape index (κ3) is 2.90. The first kappa shape index (κ1) is 16.2. The summed E-state index contributed by atoms with van der Waals surface area (Å²) in [6, 6.07) is 8.77. The highest BCUT2D eigenvalue weighted by Crippen LogP contribution is 2.38. The molecular formula is C20H16O6. The zero-order chi connectivity index (χ0) is 18.3. The Bertz CT molecular complexity index is 957. The summed E-state index contributed by atoms with van der Waals surface area (Å²) in [5, 5.41) is 0. The highest BCUT2D eigenvalue weighted by molar-refractivity contribution is 6.15. The van der Waals surface area contributed by atoms with Crippen LogP contribution in [0, 0.1) is 6.92 Å². The topological polar surface area (TPSA) is 71.1 Å². The van der Waals surface area contributed by atoms with Gasteiger partial charge in [0, 0.05) is 6.07 Å². The van der Waals surface area contributed by atoms with Crippen LogP contribution in [-0.2, 0) is 4.79 Å². The Morgan fingerprint density at radius 2 is 1.96 bits per heavy atom. The highest BCUT2D eigenvalue weighted by Gasteiger charge is 2.30. The van der Waals surface area contributed by atoms with Crippen LogP contribution >= 0.6 is 0 Å². The number of ether oxygens (including phenoxy) is 4. The van der Waals surface area contributed by atoms with Gasteiger partial charge in [-0.25, -0.2) is 0 Å². The Kier molecular flexibility index (Phi) is 3.88. The fourth-order valence-electron chi connectivity index (χ4n) is 2.90. The van der Waals surface area contributed by atoms with E-state index in [0.717, 1.165) is 11.1 Å². The van der Waals surface area contributed by atoms with Gasteiger partial charge in [0.05, 0.1) is 5.56 Å². The molecule has 26 heavy (non-hydrogen) atoms. The predicted octanol–water partition coefficient (Wildman–Crippen LogP) is 3.31. The quantitative estimate of drug-likeness (QED) is 0.786. The van der Waals surface area contributed by atoms with Crippen molar-refractivity contribution in [2.45, 2.75) is 13.8 Å². The fraction of sp³-hybridized carbons (Fsp3) is 0.200. The van der Waals surface area contributed by atoms with E-state index >= 15 is 0 Å². The molecule has 0 radical (unpaired) electrons. The van der Waals surface area contributed by atoms with Crippen molar-refractivity contribution >= 4 is 17.6 Å². The average molecular weight is 352 g/mol. The summed E-state index contributed by atoms with van der Waals surface area (Å²) in [5.41, 5.74) is 2.02. The average Bonchev–Trinajstić information content (AvgIpc) is 3.18. The number of fused-ring (bicyclic) bond motifs is 2. The van der Waals surface area contributed by atoms with Crippen LogP contribution < -0.4 is 18.9 Å². The van der Waals surface area contributed by atoms with E-state index in [0.29, 0.717) is 28.6 Å². The molecule has 0 aliphatic carbocycles. The van der Waals surface area contributed by atoms with E-state index < -0.39 is 0 Å². The van der Waals surface area contributed by atoms with Gasteiger partial charge < -0.3 is 18.9 Å². The van der Waals surface area contributed by atoms with Crippen molar-refractivity contribution in [3.63, 3.8) is 0 Å². The summed E-state index contributed by atoms with van der Waals surface area (Å²) >= 11 is 0. The summed E-state index contributed by atoms with van der Waals surface area (Å²) in [7, 11) is 0. The second-order valence-electron chi connectivity index (χ2n) is 6.16. The van der Waals surface area contributed by atoms with Crippen LogP contribution in [0.1, 0.15) is 28.4 Å². The molecule has 0 saturated carbocycles. The summed E-state index contributed by atoms with van der Waals surface area (Å²) in [5.74, 6) is 2.20. The molecule has 0 unspecified atom stereocenters. The first-order chi connectivity index (χ1) is 12.5. The van der Waals surface area contributed by atoms with Gasteiger partial charge in [0.25, 0.3) is 0 Å². The number of carbonyl (C=O) groups is 2. The fourth-order valence-corrected chi connectivity index (χ4v) is 2.90. The molecule has 6 heteroatoms. The molecule has 2 aromatic carbocycles. The van der Waals surface area contributed by atoms with E-state index in [-0.39, 0.29) is 30.7 Å². The first-order valence-corrected chi connectivity index (χ1v) is 8.12. The Labute approximate surface area is 149 Å². The molecule has 0 amide bonds. The zero-order valence-electron chi connectivity index (χ0n) is 14.3. The minimum absolute atomic E-state index is 0.0218. The van der Waals surface area contributed by atoms with Gasteiger partial charge in [0.1, 0.15) is 18.1 Å². The SMILES string of the molecule is CC(=O)COc1cc(C)c2c(c1)O/C(=C\c1ccc3c(c1)OCO3)C2=O. The van der Waals surface area contributed by atoms with Crippen LogP contribution in [-0.4, -0.2) is 25.0 Å². The standard InChI is InChI=1S/C20H16O6/c1-11-5-14(23-9-12(2)21)8-17-19(11)20(22)18(26-17)7-13-3-4-15-16(6-13)25-10-24-15/h3-8H,9-10H2,1-2H3/b18-7-. The Morgan fingerprint density at radius 1 is 1.15 bits per heavy atom. The summed E-state index contributed by atoms with van der Waals surface area (Å²) in [6.07, 6.45) is 1.67. The Hall–Kier alpha value is -3.28. The van der Waals surface area contributed by atoms with Gasteiger partial charge in [-0.2, -0.15) is 0 Å². The second-order valence-corrected chi connectivity index (χ2v) is 6.16. The summed E-state index contributed by atoms with van der Waals surface area (Å²) < 4.78 is 21.8. The van der Waals surface area contributed by atoms with Gasteiger partial charge in [0.2, 0.25) is 12.6 Å². The minimum Gasteiger partial charge on any atom is -0.486 e. The lowest BCUT2D eigenvalue weighted by atomic mass is 10.0. The molecule has 6 nitrogen and oxygen atoms in total. The molecule has 0 N–H and O–H groups in total. The van der Waals surface area contributed by atoms with Crippen LogP contribution in [0.4, 0.5) is 0 Å². The van der Waals surface area contributed by atoms with Crippen LogP contribution in [0.3, 0.4) is 0 Å². The number of carbonyl (C=O) groups excluding carboxylic acids is 2. The number of aryl methyl sites for hydroxylation is 1. The van der Waals surface area contributed by atoms with Gasteiger partial charge >= 0.3 is 0 Å². The smallest absolute Gasteiger partial charge is 0.232 e. The highest BCUT2D eigenvalue weighted by atomic mass is 16.7. The normalized spacial score (nSPS) is 15.8. The number of allylic oxidation sites excluding steroid dienone is 1. The lowest BCUT2D eigenvalue weighted by Crippen LogP contribution is -2.06. The van der Waals surface area contributed by atoms with Crippen molar-refractivity contribution in [1.82, 2.24) is 0 Å². The third-order valence-corrected chi connectivity index (χ3v) is 4.08. The summed E-state index contributed by atoms with van der Waals surface area (Å²) in [4.78, 5) is 23.8. The van der Waals surface area contributed by atoms with Crippen LogP contribution in [0.25, 0.3) is 6.08 Å². The zero-order valence-corrected chi connectivity index (χ0v) is 14.3. The van der Waals surface area contributed by atoms with Crippen molar-refractivity contribution < 1.29 is 28.5 Å². The first-order valence-electron chi connectivity index (χ1n) is 8.12. The van der Waals surface area contributed by atoms with Crippen molar-refractivity contribution in [1.29, 1.82) is 0 Å². The number of benzene rings is 2. The maximum atomic E-state index is 12.7. The van der Waals surface area contributed by atoms with E-state index in [2.05, 4.69) is 0 Å². The monoisotopic (exact) mass is 352 g/mol. The number of ketones is 2. The predicted molar refractivity (Wildman–Crippen MR) is 92.9 cm³/mol. The lowest BCUT2D eigenvalue weighted by molar-refractivity contribution is -0.118. The number of hydrogen-bond donors (Lipinski definition) is 0. The molecule has 2 aliphatic heterocycles. The van der Waals surface area contributed by atoms with Crippen molar-refractivity contribution in [2.75, 3.05) is 13.4 Å². The van der Waals surface area contributed by atoms with Crippen molar-refractivity contribution in [2.24, 2.45) is 0 Å². The molecule has 2 aromatic rings. The minimum atomic E-state index is -0.187. The molecule has 0 saturated heterocycles. The van der Waals surface area contributed by atoms with E-state index in [1.807, 2.05) is 13.0 Å². The van der Waals surface area contributed by atoms with Gasteiger partial charge in [-0.3, -0.25) is 9.59 Å². The van der Waals surface area contributed by atoms with Crippen molar-refractivity contribution in [3.8, 4) is 23.0 Å². The third-order valence-electron chi connectivity index (χ3n) is 4.08. The lowest BCUT2D eigenvalue weighted by Gasteiger charge is -2.07. The van der Waals surface area contributed by atoms with Crippen molar-refractivity contribution in [3.05, 3.63) is 52.8 Å². The van der Waals surface area contributed by atoms with E-state index in [9.17, 15) is 9.59 Å². The van der Waals surface area contributed by atoms with Gasteiger partial charge in [-0.05, 0) is 49.2 Å². The van der Waals surface area contributed by atoms with Crippen LogP contribution in [0.5, 0.6) is 23.0 Å². The van der Waals surface area contributed by atoms with Gasteiger partial charge in [0.15, 0.2) is 23.0 Å². The molecule has 0 atom stereocenters. The molecule has 2 heterocycles. The molecular weight excluding hydrogens is 336 g/mol. The Morgan fingerprint density at radius 3 is 2.77 bits per heavy atom. The molecule has 0 aromatic heterocycles. The maximum absolute atomic E-state index is 12.7. The summed E-state index contributed by atoms with van der Waals surface area (Å²) in [6.45, 7) is 3.43. The number of hydrogen-bond acceptors (Lipinski definition) is 6. The van der Waals surface area contributed by atoms with Gasteiger partial charge in [-0.1, -0.05) is 6.07 Å². The molecule has 4 rings (SSSR count). The molecule has 0 spiro atoms. The van der Waals surface area contributed by atoms with Crippen LogP contribution in [0.2, 0.25) is 0 Å². The number of Topliss-reactive ketones (excluding diaryl/α,β-unsaturated/α-hetero) is 2. The largest absolute Gasteiger partial charge is 0.486 e. The molecule has 0 fully saturated rings. The van der Waals surface area contributed by atoms with E-state index in [1.165, 1.54) is 6.92 Å². The molecule has 132 valence electrons. The number of rotatable bonds is 4. The van der Waals surface area contributed by atoms with Crippen LogP contribution in [0.15, 0.2) is 36.1 Å². The Balaban J connectivity index is 1.63.